The van der Waals surface area contributed by atoms with Crippen molar-refractivity contribution < 1.29 is 14.6 Å². The highest BCUT2D eigenvalue weighted by Gasteiger charge is 2.16. The van der Waals surface area contributed by atoms with E-state index in [0.717, 1.165) is 21.8 Å². The Morgan fingerprint density at radius 1 is 1.18 bits per heavy atom. The SMILES string of the molecule is C=C(C)C(=O)Oc1cccc2c3ccccc3n(CCO)c12. The minimum absolute atomic E-state index is 0.0105. The Morgan fingerprint density at radius 3 is 2.64 bits per heavy atom. The molecule has 0 spiro atoms. The summed E-state index contributed by atoms with van der Waals surface area (Å²) in [5, 5.41) is 11.4. The standard InChI is InChI=1S/C18H17NO3/c1-12(2)18(21)22-16-9-5-7-14-13-6-3-4-8-15(13)19(10-11-20)17(14)16/h3-9,20H,1,10-11H2,2H3. The van der Waals surface area contributed by atoms with E-state index in [9.17, 15) is 9.90 Å². The number of ether oxygens (including phenoxy) is 1. The Kier molecular flexibility index (Phi) is 3.69. The number of nitrogens with zero attached hydrogens (tertiary/aromatic N) is 1. The number of hydrogen-bond donors (Lipinski definition) is 1. The van der Waals surface area contributed by atoms with Gasteiger partial charge in [-0.15, -0.1) is 0 Å². The van der Waals surface area contributed by atoms with Crippen LogP contribution in [0.3, 0.4) is 0 Å². The van der Waals surface area contributed by atoms with E-state index in [1.165, 1.54) is 0 Å². The molecule has 112 valence electrons. The van der Waals surface area contributed by atoms with Gasteiger partial charge < -0.3 is 14.4 Å². The summed E-state index contributed by atoms with van der Waals surface area (Å²) in [5.41, 5.74) is 2.17. The number of hydrogen-bond acceptors (Lipinski definition) is 3. The van der Waals surface area contributed by atoms with Crippen molar-refractivity contribution in [3.8, 4) is 5.75 Å². The lowest BCUT2D eigenvalue weighted by molar-refractivity contribution is -0.130. The first-order valence-electron chi connectivity index (χ1n) is 7.12. The van der Waals surface area contributed by atoms with Crippen LogP contribution in [0.15, 0.2) is 54.6 Å². The highest BCUT2D eigenvalue weighted by atomic mass is 16.5. The van der Waals surface area contributed by atoms with Crippen molar-refractivity contribution >= 4 is 27.8 Å². The van der Waals surface area contributed by atoms with Gasteiger partial charge in [-0.3, -0.25) is 0 Å². The molecule has 1 N–H and O–H groups in total. The van der Waals surface area contributed by atoms with E-state index in [4.69, 9.17) is 4.74 Å². The number of aliphatic hydroxyl groups excluding tert-OH is 1. The summed E-state index contributed by atoms with van der Waals surface area (Å²) in [6.07, 6.45) is 0. The van der Waals surface area contributed by atoms with E-state index < -0.39 is 5.97 Å². The molecule has 4 nitrogen and oxygen atoms in total. The van der Waals surface area contributed by atoms with Crippen molar-refractivity contribution in [2.75, 3.05) is 6.61 Å². The Hall–Kier alpha value is -2.59. The predicted octanol–water partition coefficient (Wildman–Crippen LogP) is 3.27. The largest absolute Gasteiger partial charge is 0.421 e. The second-order valence-corrected chi connectivity index (χ2v) is 5.21. The number of aliphatic hydroxyl groups is 1. The fourth-order valence-corrected chi connectivity index (χ4v) is 2.68. The zero-order chi connectivity index (χ0) is 15.7. The van der Waals surface area contributed by atoms with Crippen LogP contribution < -0.4 is 4.74 Å². The van der Waals surface area contributed by atoms with Crippen molar-refractivity contribution in [1.29, 1.82) is 0 Å². The van der Waals surface area contributed by atoms with Crippen LogP contribution in [0.25, 0.3) is 21.8 Å². The Bertz CT molecular complexity index is 877. The van der Waals surface area contributed by atoms with Gasteiger partial charge in [-0.25, -0.2) is 4.79 Å². The second-order valence-electron chi connectivity index (χ2n) is 5.21. The maximum Gasteiger partial charge on any atom is 0.338 e. The van der Waals surface area contributed by atoms with Crippen LogP contribution in [-0.2, 0) is 11.3 Å². The Balaban J connectivity index is 2.30. The first-order chi connectivity index (χ1) is 10.6. The summed E-state index contributed by atoms with van der Waals surface area (Å²) < 4.78 is 7.44. The number of esters is 1. The maximum absolute atomic E-state index is 11.9. The molecule has 0 unspecified atom stereocenters. The van der Waals surface area contributed by atoms with Gasteiger partial charge in [-0.1, -0.05) is 36.9 Å². The molecule has 0 atom stereocenters. The lowest BCUT2D eigenvalue weighted by atomic mass is 10.1. The zero-order valence-electron chi connectivity index (χ0n) is 12.4. The van der Waals surface area contributed by atoms with Gasteiger partial charge >= 0.3 is 5.97 Å². The molecule has 0 bridgehead atoms. The summed E-state index contributed by atoms with van der Waals surface area (Å²) in [6.45, 7) is 5.67. The van der Waals surface area contributed by atoms with Gasteiger partial charge in [0, 0.05) is 28.4 Å². The molecule has 3 aromatic rings. The monoisotopic (exact) mass is 295 g/mol. The molecule has 0 saturated heterocycles. The van der Waals surface area contributed by atoms with Crippen molar-refractivity contribution in [1.82, 2.24) is 4.57 Å². The first kappa shape index (κ1) is 14.4. The van der Waals surface area contributed by atoms with Gasteiger partial charge in [0.05, 0.1) is 12.1 Å². The van der Waals surface area contributed by atoms with E-state index >= 15 is 0 Å². The molecule has 3 rings (SSSR count). The Labute approximate surface area is 128 Å². The molecule has 1 aromatic heterocycles. The Morgan fingerprint density at radius 2 is 1.91 bits per heavy atom. The van der Waals surface area contributed by atoms with Crippen LogP contribution in [0.4, 0.5) is 0 Å². The first-order valence-corrected chi connectivity index (χ1v) is 7.12. The summed E-state index contributed by atoms with van der Waals surface area (Å²) in [5.74, 6) is 0.0310. The summed E-state index contributed by atoms with van der Waals surface area (Å²) in [4.78, 5) is 11.9. The summed E-state index contributed by atoms with van der Waals surface area (Å²) in [7, 11) is 0. The highest BCUT2D eigenvalue weighted by Crippen LogP contribution is 2.35. The van der Waals surface area contributed by atoms with E-state index in [1.807, 2.05) is 41.0 Å². The molecule has 0 radical (unpaired) electrons. The normalized spacial score (nSPS) is 11.0. The molecule has 1 heterocycles. The molecule has 22 heavy (non-hydrogen) atoms. The topological polar surface area (TPSA) is 51.5 Å². The fraction of sp³-hybridized carbons (Fsp3) is 0.167. The van der Waals surface area contributed by atoms with E-state index in [-0.39, 0.29) is 6.61 Å². The van der Waals surface area contributed by atoms with Gasteiger partial charge in [0.2, 0.25) is 0 Å². The molecule has 0 saturated carbocycles. The molecular weight excluding hydrogens is 278 g/mol. The van der Waals surface area contributed by atoms with E-state index in [0.29, 0.717) is 17.9 Å². The van der Waals surface area contributed by atoms with Crippen molar-refractivity contribution in [3.63, 3.8) is 0 Å². The molecule has 0 amide bonds. The number of carbonyl (C=O) groups excluding carboxylic acids is 1. The number of carbonyl (C=O) groups is 1. The van der Waals surface area contributed by atoms with Crippen LogP contribution in [0.2, 0.25) is 0 Å². The zero-order valence-corrected chi connectivity index (χ0v) is 12.4. The third-order valence-electron chi connectivity index (χ3n) is 3.63. The van der Waals surface area contributed by atoms with Crippen molar-refractivity contribution in [2.24, 2.45) is 0 Å². The number of rotatable bonds is 4. The van der Waals surface area contributed by atoms with Gasteiger partial charge in [0.1, 0.15) is 0 Å². The smallest absolute Gasteiger partial charge is 0.338 e. The minimum atomic E-state index is -0.451. The van der Waals surface area contributed by atoms with E-state index in [1.54, 1.807) is 13.0 Å². The molecule has 4 heteroatoms. The third-order valence-corrected chi connectivity index (χ3v) is 3.63. The maximum atomic E-state index is 11.9. The average Bonchev–Trinajstić information content (AvgIpc) is 2.83. The van der Waals surface area contributed by atoms with Crippen molar-refractivity contribution in [3.05, 3.63) is 54.6 Å². The molecule has 0 aliphatic carbocycles. The van der Waals surface area contributed by atoms with Gasteiger partial charge in [0.15, 0.2) is 5.75 Å². The summed E-state index contributed by atoms with van der Waals surface area (Å²) in [6, 6.07) is 13.6. The second kappa shape index (κ2) is 5.66. The molecule has 0 fully saturated rings. The highest BCUT2D eigenvalue weighted by molar-refractivity contribution is 6.10. The lowest BCUT2D eigenvalue weighted by Gasteiger charge is -2.10. The molecule has 2 aromatic carbocycles. The minimum Gasteiger partial charge on any atom is -0.421 e. The van der Waals surface area contributed by atoms with Crippen LogP contribution in [0, 0.1) is 0 Å². The van der Waals surface area contributed by atoms with Gasteiger partial charge in [-0.05, 0) is 19.1 Å². The predicted molar refractivity (Wildman–Crippen MR) is 87.0 cm³/mol. The molecule has 0 aliphatic rings. The number of benzene rings is 2. The van der Waals surface area contributed by atoms with E-state index in [2.05, 4.69) is 6.58 Å². The fourth-order valence-electron chi connectivity index (χ4n) is 2.68. The van der Waals surface area contributed by atoms with Gasteiger partial charge in [0.25, 0.3) is 0 Å². The van der Waals surface area contributed by atoms with Crippen LogP contribution in [0.1, 0.15) is 6.92 Å². The lowest BCUT2D eigenvalue weighted by Crippen LogP contribution is -2.10. The van der Waals surface area contributed by atoms with Crippen LogP contribution in [0.5, 0.6) is 5.75 Å². The molecular formula is C18H17NO3. The van der Waals surface area contributed by atoms with Crippen molar-refractivity contribution in [2.45, 2.75) is 13.5 Å². The quantitative estimate of drug-likeness (QED) is 0.456. The van der Waals surface area contributed by atoms with Crippen LogP contribution >= 0.6 is 0 Å². The number of aromatic nitrogens is 1. The molecule has 0 aliphatic heterocycles. The van der Waals surface area contributed by atoms with Gasteiger partial charge in [-0.2, -0.15) is 0 Å². The average molecular weight is 295 g/mol. The third kappa shape index (κ3) is 2.27. The van der Waals surface area contributed by atoms with Crippen LogP contribution in [-0.4, -0.2) is 22.2 Å². The summed E-state index contributed by atoms with van der Waals surface area (Å²) >= 11 is 0. The number of fused-ring (bicyclic) bond motifs is 3. The number of para-hydroxylation sites is 2.